The van der Waals surface area contributed by atoms with Crippen LogP contribution in [0.4, 0.5) is 0 Å². The molecule has 6 heteroatoms. The van der Waals surface area contributed by atoms with Crippen LogP contribution in [-0.4, -0.2) is 34.8 Å². The summed E-state index contributed by atoms with van der Waals surface area (Å²) in [4.78, 5) is 25.3. The van der Waals surface area contributed by atoms with Crippen LogP contribution in [0.5, 0.6) is 0 Å². The highest BCUT2D eigenvalue weighted by Gasteiger charge is 2.34. The van der Waals surface area contributed by atoms with Crippen molar-refractivity contribution in [3.63, 3.8) is 0 Å². The summed E-state index contributed by atoms with van der Waals surface area (Å²) in [5.41, 5.74) is -0.654. The number of unbranched alkanes of at least 4 members (excludes halogenated alkanes) is 1. The number of fused-ring (bicyclic) bond motifs is 1. The minimum absolute atomic E-state index is 0.0228. The van der Waals surface area contributed by atoms with Crippen molar-refractivity contribution in [2.75, 3.05) is 7.11 Å². The Bertz CT molecular complexity index is 996. The quantitative estimate of drug-likeness (QED) is 0.466. The highest BCUT2D eigenvalue weighted by molar-refractivity contribution is 6.06. The first-order valence-electron chi connectivity index (χ1n) is 10.4. The minimum atomic E-state index is -0.966. The van der Waals surface area contributed by atoms with E-state index in [2.05, 4.69) is 17.0 Å². The van der Waals surface area contributed by atoms with Gasteiger partial charge in [-0.15, -0.1) is 6.58 Å². The molecule has 1 aromatic heterocycles. The van der Waals surface area contributed by atoms with Gasteiger partial charge in [0.2, 0.25) is 0 Å². The van der Waals surface area contributed by atoms with Gasteiger partial charge in [0.05, 0.1) is 18.1 Å². The van der Waals surface area contributed by atoms with Crippen LogP contribution < -0.4 is 5.32 Å². The minimum Gasteiger partial charge on any atom is -0.467 e. The largest absolute Gasteiger partial charge is 0.467 e. The molecule has 1 aromatic carbocycles. The average Bonchev–Trinajstić information content (AvgIpc) is 3.07. The summed E-state index contributed by atoms with van der Waals surface area (Å²) in [6, 6.07) is -2.43. The Morgan fingerprint density at radius 2 is 2.12 bits per heavy atom. The zero-order valence-electron chi connectivity index (χ0n) is 19.6. The van der Waals surface area contributed by atoms with Crippen molar-refractivity contribution < 1.29 is 19.8 Å². The van der Waals surface area contributed by atoms with Crippen molar-refractivity contribution >= 4 is 22.8 Å². The normalized spacial score (nSPS) is 14.8. The number of hydrogen-bond donors (Lipinski definition) is 1. The Balaban J connectivity index is 2.64. The lowest BCUT2D eigenvalue weighted by molar-refractivity contribution is -0.145. The predicted molar refractivity (Wildman–Crippen MR) is 102 cm³/mol. The molecular weight excluding hydrogens is 330 g/mol. The molecule has 0 saturated heterocycles. The van der Waals surface area contributed by atoms with Crippen LogP contribution in [0.2, 0.25) is 0 Å². The van der Waals surface area contributed by atoms with Crippen LogP contribution in [0.25, 0.3) is 10.9 Å². The number of allylic oxidation sites excluding steroid dienone is 1. The van der Waals surface area contributed by atoms with Crippen LogP contribution in [-0.2, 0) is 16.1 Å². The fraction of sp³-hybridized carbons (Fsp3) is 0.450. The Kier molecular flexibility index (Phi) is 4.56. The molecule has 1 N–H and O–H groups in total. The third kappa shape index (κ3) is 4.31. The third-order valence-electron chi connectivity index (χ3n) is 3.95. The van der Waals surface area contributed by atoms with E-state index in [4.69, 9.17) is 10.2 Å². The van der Waals surface area contributed by atoms with E-state index in [1.54, 1.807) is 26.8 Å². The number of nitrogens with one attached hydrogen (secondary N) is 1. The third-order valence-corrected chi connectivity index (χ3v) is 3.95. The number of amides is 1. The fourth-order valence-corrected chi connectivity index (χ4v) is 2.54. The molecule has 2 rings (SSSR count). The fourth-order valence-electron chi connectivity index (χ4n) is 2.54. The molecule has 26 heavy (non-hydrogen) atoms. The summed E-state index contributed by atoms with van der Waals surface area (Å²) in [5, 5.41) is 6.94. The van der Waals surface area contributed by atoms with E-state index >= 15 is 0 Å². The maximum Gasteiger partial charge on any atom is 0.328 e. The summed E-state index contributed by atoms with van der Waals surface area (Å²) in [6.45, 7) is 9.32. The second-order valence-electron chi connectivity index (χ2n) is 7.02. The number of rotatable bonds is 7. The Morgan fingerprint density at radius 3 is 2.73 bits per heavy atom. The van der Waals surface area contributed by atoms with Crippen LogP contribution >= 0.6 is 0 Å². The molecule has 0 fully saturated rings. The highest BCUT2D eigenvalue weighted by atomic mass is 16.5. The van der Waals surface area contributed by atoms with E-state index in [1.807, 2.05) is 0 Å². The molecule has 2 aromatic rings. The van der Waals surface area contributed by atoms with Crippen molar-refractivity contribution in [2.24, 2.45) is 5.41 Å². The molecule has 6 nitrogen and oxygen atoms in total. The van der Waals surface area contributed by atoms with Gasteiger partial charge in [-0.2, -0.15) is 5.10 Å². The van der Waals surface area contributed by atoms with Gasteiger partial charge in [-0.1, -0.05) is 45.0 Å². The molecule has 0 radical (unpaired) electrons. The maximum atomic E-state index is 13.1. The van der Waals surface area contributed by atoms with Gasteiger partial charge >= 0.3 is 5.97 Å². The number of aryl methyl sites for hydroxylation is 1. The van der Waals surface area contributed by atoms with Crippen molar-refractivity contribution in [1.82, 2.24) is 15.1 Å². The van der Waals surface area contributed by atoms with Gasteiger partial charge in [0.1, 0.15) is 6.04 Å². The van der Waals surface area contributed by atoms with E-state index < -0.39 is 35.4 Å². The van der Waals surface area contributed by atoms with Gasteiger partial charge < -0.3 is 10.1 Å². The van der Waals surface area contributed by atoms with Gasteiger partial charge in [0.25, 0.3) is 5.91 Å². The predicted octanol–water partition coefficient (Wildman–Crippen LogP) is 3.32. The van der Waals surface area contributed by atoms with E-state index in [0.29, 0.717) is 19.4 Å². The second-order valence-corrected chi connectivity index (χ2v) is 7.02. The Hall–Kier alpha value is -2.63. The molecule has 1 amide bonds. The van der Waals surface area contributed by atoms with Gasteiger partial charge in [-0.25, -0.2) is 4.79 Å². The van der Waals surface area contributed by atoms with Gasteiger partial charge in [-0.3, -0.25) is 9.48 Å². The van der Waals surface area contributed by atoms with Crippen LogP contribution in [0, 0.1) is 5.41 Å². The first kappa shape index (κ1) is 14.5. The Morgan fingerprint density at radius 1 is 1.42 bits per heavy atom. The van der Waals surface area contributed by atoms with E-state index in [9.17, 15) is 9.59 Å². The summed E-state index contributed by atoms with van der Waals surface area (Å²) in [7, 11) is 1.23. The summed E-state index contributed by atoms with van der Waals surface area (Å²) in [5.74, 6) is -1.33. The number of benzene rings is 1. The van der Waals surface area contributed by atoms with Crippen LogP contribution in [0.15, 0.2) is 36.8 Å². The highest BCUT2D eigenvalue weighted by Crippen LogP contribution is 2.23. The van der Waals surface area contributed by atoms with E-state index in [0.717, 1.165) is 0 Å². The standard InChI is InChI=1S/C20H27N3O3/c1-6-7-10-13-23-15-12-9-8-11-14(15)16(22-23)18(24)21-17(19(25)26-5)20(2,3)4/h6,8-9,11-12,17H,1,7,10,13H2,2-5H3,(H,21,24)/t17-/m1/s1/i8D,9D,11D,12D. The molecule has 0 spiro atoms. The van der Waals surface area contributed by atoms with Crippen LogP contribution in [0.3, 0.4) is 0 Å². The second kappa shape index (κ2) is 8.17. The molecule has 1 atom stereocenters. The zero-order valence-corrected chi connectivity index (χ0v) is 15.6. The number of ether oxygens (including phenoxy) is 1. The van der Waals surface area contributed by atoms with E-state index in [1.165, 1.54) is 11.8 Å². The molecular formula is C20H27N3O3. The topological polar surface area (TPSA) is 73.2 Å². The number of carbonyl (C=O) groups excluding carboxylic acids is 2. The van der Waals surface area contributed by atoms with Crippen LogP contribution in [0.1, 0.15) is 49.6 Å². The lowest BCUT2D eigenvalue weighted by Crippen LogP contribution is -2.49. The number of esters is 1. The average molecular weight is 361 g/mol. The van der Waals surface area contributed by atoms with Crippen molar-refractivity contribution in [1.29, 1.82) is 0 Å². The summed E-state index contributed by atoms with van der Waals surface area (Å²) < 4.78 is 38.7. The lowest BCUT2D eigenvalue weighted by atomic mass is 9.86. The van der Waals surface area contributed by atoms with Gasteiger partial charge in [-0.05, 0) is 24.3 Å². The molecule has 0 unspecified atom stereocenters. The number of carbonyl (C=O) groups is 2. The molecule has 0 aliphatic carbocycles. The molecule has 1 heterocycles. The summed E-state index contributed by atoms with van der Waals surface area (Å²) in [6.07, 6.45) is 3.05. The lowest BCUT2D eigenvalue weighted by Gasteiger charge is -2.28. The monoisotopic (exact) mass is 361 g/mol. The van der Waals surface area contributed by atoms with Crippen molar-refractivity contribution in [2.45, 2.75) is 46.2 Å². The van der Waals surface area contributed by atoms with Gasteiger partial charge in [0.15, 0.2) is 5.69 Å². The number of methoxy groups -OCH3 is 1. The smallest absolute Gasteiger partial charge is 0.328 e. The first-order valence-corrected chi connectivity index (χ1v) is 8.42. The molecule has 0 aliphatic heterocycles. The SMILES string of the molecule is [2H]c1c([2H])c([2H])c2c(c(C(=O)N[C@H](C(=O)OC)C(C)(C)C)nn2CCCC=C)c1[2H]. The van der Waals surface area contributed by atoms with E-state index in [-0.39, 0.29) is 28.7 Å². The number of para-hydroxylation sites is 1. The molecule has 0 saturated carbocycles. The molecule has 0 bridgehead atoms. The summed E-state index contributed by atoms with van der Waals surface area (Å²) >= 11 is 0. The maximum absolute atomic E-state index is 13.1. The number of hydrogen-bond acceptors (Lipinski definition) is 4. The molecule has 140 valence electrons. The Labute approximate surface area is 159 Å². The molecule has 0 aliphatic rings. The van der Waals surface area contributed by atoms with Gasteiger partial charge in [0, 0.05) is 11.9 Å². The van der Waals surface area contributed by atoms with Crippen molar-refractivity contribution in [3.05, 3.63) is 42.5 Å². The first-order chi connectivity index (χ1) is 13.9. The zero-order chi connectivity index (χ0) is 22.8. The van der Waals surface area contributed by atoms with Crippen molar-refractivity contribution in [3.8, 4) is 0 Å². The number of aromatic nitrogens is 2. The number of nitrogens with zero attached hydrogens (tertiary/aromatic N) is 2.